The van der Waals surface area contributed by atoms with E-state index in [0.717, 1.165) is 24.8 Å². The van der Waals surface area contributed by atoms with Crippen molar-refractivity contribution in [3.8, 4) is 11.4 Å². The first-order valence-electron chi connectivity index (χ1n) is 14.1. The van der Waals surface area contributed by atoms with Gasteiger partial charge in [0.1, 0.15) is 11.6 Å². The molecule has 4 unspecified atom stereocenters. The zero-order valence-corrected chi connectivity index (χ0v) is 23.7. The molecule has 3 heterocycles. The Labute approximate surface area is 238 Å². The van der Waals surface area contributed by atoms with Crippen LogP contribution in [0.3, 0.4) is 0 Å². The van der Waals surface area contributed by atoms with Gasteiger partial charge >= 0.3 is 6.03 Å². The van der Waals surface area contributed by atoms with Gasteiger partial charge in [0.15, 0.2) is 0 Å². The first-order valence-corrected chi connectivity index (χ1v) is 15.6. The number of sulfonamides is 1. The van der Waals surface area contributed by atoms with E-state index in [1.165, 1.54) is 9.70 Å². The molecular formula is C27H34N8O5S. The normalized spacial score (nSPS) is 29.6. The maximum Gasteiger partial charge on any atom is 0.320 e. The van der Waals surface area contributed by atoms with Crippen LogP contribution in [0.1, 0.15) is 51.0 Å². The molecule has 4 atom stereocenters. The molecule has 1 saturated heterocycles. The summed E-state index contributed by atoms with van der Waals surface area (Å²) in [6.45, 7) is 0.723. The largest absolute Gasteiger partial charge is 0.339 e. The second kappa shape index (κ2) is 10.5. The number of hydrogen-bond donors (Lipinski definition) is 2. The average molecular weight is 583 g/mol. The molecule has 1 aromatic heterocycles. The van der Waals surface area contributed by atoms with E-state index in [0.29, 0.717) is 25.2 Å². The van der Waals surface area contributed by atoms with Crippen molar-refractivity contribution in [2.24, 2.45) is 5.92 Å². The van der Waals surface area contributed by atoms with Gasteiger partial charge in [-0.1, -0.05) is 42.5 Å². The number of rotatable bonds is 5. The number of amides is 4. The lowest BCUT2D eigenvalue weighted by Gasteiger charge is -2.30. The van der Waals surface area contributed by atoms with Gasteiger partial charge < -0.3 is 15.1 Å². The highest BCUT2D eigenvalue weighted by molar-refractivity contribution is 7.91. The number of tetrazole rings is 1. The van der Waals surface area contributed by atoms with Crippen LogP contribution in [-0.2, 0) is 19.6 Å². The lowest BCUT2D eigenvalue weighted by Crippen LogP contribution is -2.57. The summed E-state index contributed by atoms with van der Waals surface area (Å²) >= 11 is 0. The molecule has 218 valence electrons. The van der Waals surface area contributed by atoms with Crippen LogP contribution in [0.5, 0.6) is 0 Å². The van der Waals surface area contributed by atoms with Gasteiger partial charge in [-0.15, -0.1) is 10.2 Å². The van der Waals surface area contributed by atoms with Crippen LogP contribution in [0.15, 0.2) is 42.5 Å². The van der Waals surface area contributed by atoms with E-state index in [4.69, 9.17) is 0 Å². The molecule has 0 spiro atoms. The van der Waals surface area contributed by atoms with E-state index in [2.05, 4.69) is 25.4 Å². The van der Waals surface area contributed by atoms with E-state index >= 15 is 0 Å². The molecule has 0 radical (unpaired) electrons. The molecule has 0 bridgehead atoms. The number of nitrogens with one attached hydrogen (secondary N) is 2. The number of carbonyl (C=O) groups is 3. The van der Waals surface area contributed by atoms with Crippen molar-refractivity contribution >= 4 is 27.9 Å². The number of urea groups is 1. The summed E-state index contributed by atoms with van der Waals surface area (Å²) in [6.07, 6.45) is 7.77. The summed E-state index contributed by atoms with van der Waals surface area (Å²) in [4.78, 5) is 45.3. The third kappa shape index (κ3) is 5.44. The highest BCUT2D eigenvalue weighted by atomic mass is 32.2. The van der Waals surface area contributed by atoms with Gasteiger partial charge in [-0.3, -0.25) is 14.3 Å². The van der Waals surface area contributed by atoms with Crippen LogP contribution in [-0.4, -0.2) is 93.2 Å². The van der Waals surface area contributed by atoms with Crippen LogP contribution in [0, 0.1) is 5.92 Å². The fraction of sp³-hybridized carbons (Fsp3) is 0.556. The quantitative estimate of drug-likeness (QED) is 0.498. The molecule has 4 amide bonds. The first-order chi connectivity index (χ1) is 19.7. The fourth-order valence-electron chi connectivity index (χ4n) is 5.68. The Hall–Kier alpha value is -3.81. The smallest absolute Gasteiger partial charge is 0.320 e. The summed E-state index contributed by atoms with van der Waals surface area (Å²) in [6, 6.07) is 7.77. The van der Waals surface area contributed by atoms with Crippen LogP contribution < -0.4 is 10.0 Å². The molecule has 41 heavy (non-hydrogen) atoms. The second-order valence-electron chi connectivity index (χ2n) is 11.4. The van der Waals surface area contributed by atoms with Crippen LogP contribution >= 0.6 is 0 Å². The molecule has 4 aliphatic rings. The van der Waals surface area contributed by atoms with Gasteiger partial charge in [0.2, 0.25) is 21.8 Å². The van der Waals surface area contributed by atoms with Gasteiger partial charge in [-0.25, -0.2) is 13.2 Å². The number of hydrogen-bond acceptors (Lipinski definition) is 8. The first kappa shape index (κ1) is 27.4. The molecule has 3 fully saturated rings. The summed E-state index contributed by atoms with van der Waals surface area (Å²) in [5.74, 6) is -1.13. The lowest BCUT2D eigenvalue weighted by atomic mass is 10.1. The molecule has 13 nitrogen and oxygen atoms in total. The standard InChI is InChI=1S/C27H34N8O5S/c1-33-14-8-3-2-7-11-19-16-27(19,25(37)31-41(39,40)21-12-13-21)28-24(36)22-15-20(17-34(22)26(33)38)35-30-23(29-32-35)18-9-5-4-6-10-18/h4-7,9-11,19-22H,2-3,8,12-17H2,1H3,(H,28,36)(H,31,37)/b11-7-. The zero-order valence-electron chi connectivity index (χ0n) is 22.8. The van der Waals surface area contributed by atoms with E-state index in [1.54, 1.807) is 11.9 Å². The number of aromatic nitrogens is 4. The second-order valence-corrected chi connectivity index (χ2v) is 13.4. The Bertz CT molecular complexity index is 1470. The summed E-state index contributed by atoms with van der Waals surface area (Å²) in [5, 5.41) is 15.2. The minimum atomic E-state index is -3.80. The predicted molar refractivity (Wildman–Crippen MR) is 147 cm³/mol. The summed E-state index contributed by atoms with van der Waals surface area (Å²) in [5.41, 5.74) is -0.587. The maximum absolute atomic E-state index is 13.8. The predicted octanol–water partition coefficient (Wildman–Crippen LogP) is 1.23. The zero-order chi connectivity index (χ0) is 28.8. The monoisotopic (exact) mass is 582 g/mol. The third-order valence-corrected chi connectivity index (χ3v) is 10.2. The lowest BCUT2D eigenvalue weighted by molar-refractivity contribution is -0.131. The molecule has 6 rings (SSSR count). The van der Waals surface area contributed by atoms with Crippen molar-refractivity contribution in [1.82, 2.24) is 40.0 Å². The molecule has 1 aromatic carbocycles. The Morgan fingerprint density at radius 1 is 1.15 bits per heavy atom. The molecule has 14 heteroatoms. The molecule has 2 aromatic rings. The number of benzene rings is 1. The fourth-order valence-corrected chi connectivity index (χ4v) is 7.04. The van der Waals surface area contributed by atoms with Gasteiger partial charge in [0, 0.05) is 38.0 Å². The number of carbonyl (C=O) groups excluding carboxylic acids is 3. The highest BCUT2D eigenvalue weighted by Crippen LogP contribution is 2.46. The molecule has 2 saturated carbocycles. The van der Waals surface area contributed by atoms with Gasteiger partial charge in [-0.2, -0.15) is 4.80 Å². The van der Waals surface area contributed by atoms with Crippen molar-refractivity contribution in [1.29, 1.82) is 0 Å². The SMILES string of the molecule is CN1CCCC/C=C\C2CC2(C(=O)NS(=O)(=O)C2CC2)NC(=O)C2CC(n3nnc(-c4ccccc4)n3)CN2C1=O. The maximum atomic E-state index is 13.8. The van der Waals surface area contributed by atoms with E-state index < -0.39 is 44.7 Å². The van der Waals surface area contributed by atoms with E-state index in [1.807, 2.05) is 42.5 Å². The Morgan fingerprint density at radius 3 is 2.68 bits per heavy atom. The topological polar surface area (TPSA) is 159 Å². The minimum Gasteiger partial charge on any atom is -0.339 e. The van der Waals surface area contributed by atoms with Crippen molar-refractivity contribution in [2.45, 2.75) is 67.8 Å². The Balaban J connectivity index is 1.27. The van der Waals surface area contributed by atoms with Gasteiger partial charge in [-0.05, 0) is 43.7 Å². The number of allylic oxidation sites excluding steroid dienone is 1. The highest BCUT2D eigenvalue weighted by Gasteiger charge is 2.62. The van der Waals surface area contributed by atoms with Crippen molar-refractivity contribution in [3.05, 3.63) is 42.5 Å². The molecule has 2 aliphatic heterocycles. The average Bonchev–Trinajstić information content (AvgIpc) is 3.82. The molecule has 2 aliphatic carbocycles. The number of nitrogens with zero attached hydrogens (tertiary/aromatic N) is 6. The summed E-state index contributed by atoms with van der Waals surface area (Å²) in [7, 11) is -2.09. The third-order valence-electron chi connectivity index (χ3n) is 8.39. The Kier molecular flexibility index (Phi) is 7.04. The number of fused-ring (bicyclic) bond motifs is 2. The molecule has 2 N–H and O–H groups in total. The van der Waals surface area contributed by atoms with E-state index in [-0.39, 0.29) is 31.3 Å². The van der Waals surface area contributed by atoms with Crippen molar-refractivity contribution in [3.63, 3.8) is 0 Å². The van der Waals surface area contributed by atoms with Crippen LogP contribution in [0.4, 0.5) is 4.79 Å². The van der Waals surface area contributed by atoms with Crippen LogP contribution in [0.25, 0.3) is 11.4 Å². The minimum absolute atomic E-state index is 0.185. The summed E-state index contributed by atoms with van der Waals surface area (Å²) < 4.78 is 27.4. The van der Waals surface area contributed by atoms with Gasteiger partial charge in [0.05, 0.1) is 11.3 Å². The van der Waals surface area contributed by atoms with E-state index in [9.17, 15) is 22.8 Å². The van der Waals surface area contributed by atoms with Crippen molar-refractivity contribution in [2.75, 3.05) is 20.1 Å². The van der Waals surface area contributed by atoms with Gasteiger partial charge in [0.25, 0.3) is 5.91 Å². The Morgan fingerprint density at radius 2 is 1.93 bits per heavy atom. The van der Waals surface area contributed by atoms with Crippen LogP contribution in [0.2, 0.25) is 0 Å². The molecular weight excluding hydrogens is 548 g/mol. The van der Waals surface area contributed by atoms with Crippen molar-refractivity contribution < 1.29 is 22.8 Å².